The molecule has 2 aromatic carbocycles. The van der Waals surface area contributed by atoms with Crippen LogP contribution in [0.4, 0.5) is 0 Å². The van der Waals surface area contributed by atoms with Gasteiger partial charge in [-0.2, -0.15) is 0 Å². The summed E-state index contributed by atoms with van der Waals surface area (Å²) in [5.74, 6) is 2.78. The Balaban J connectivity index is 0.00000363. The molecule has 176 valence electrons. The van der Waals surface area contributed by atoms with Crippen molar-refractivity contribution in [1.82, 2.24) is 10.6 Å². The molecule has 0 saturated heterocycles. The molecular weight excluding hydrogens is 521 g/mol. The highest BCUT2D eigenvalue weighted by molar-refractivity contribution is 14.0. The molecule has 0 spiro atoms. The lowest BCUT2D eigenvalue weighted by Gasteiger charge is -2.38. The number of hydrogen-bond acceptors (Lipinski definition) is 5. The van der Waals surface area contributed by atoms with E-state index in [1.165, 1.54) is 0 Å². The summed E-state index contributed by atoms with van der Waals surface area (Å²) in [4.78, 5) is 4.64. The minimum atomic E-state index is -0.834. The summed E-state index contributed by atoms with van der Waals surface area (Å²) in [5.41, 5.74) is 1.44. The summed E-state index contributed by atoms with van der Waals surface area (Å²) in [6.45, 7) is 7.06. The van der Waals surface area contributed by atoms with Gasteiger partial charge in [-0.25, -0.2) is 0 Å². The van der Waals surface area contributed by atoms with Gasteiger partial charge in [0.05, 0.1) is 26.8 Å². The van der Waals surface area contributed by atoms with E-state index in [9.17, 15) is 5.11 Å². The van der Waals surface area contributed by atoms with Gasteiger partial charge >= 0.3 is 0 Å². The molecule has 1 heterocycles. The molecule has 1 aliphatic heterocycles. The molecule has 0 aromatic heterocycles. The number of fused-ring (bicyclic) bond motifs is 1. The fourth-order valence-corrected chi connectivity index (χ4v) is 3.79. The molecule has 32 heavy (non-hydrogen) atoms. The van der Waals surface area contributed by atoms with Crippen LogP contribution in [-0.4, -0.2) is 44.0 Å². The third kappa shape index (κ3) is 6.41. The van der Waals surface area contributed by atoms with Crippen molar-refractivity contribution in [3.05, 3.63) is 53.6 Å². The van der Waals surface area contributed by atoms with Crippen molar-refractivity contribution in [3.8, 4) is 17.2 Å². The fraction of sp³-hybridized carbons (Fsp3) is 0.458. The Kier molecular flexibility index (Phi) is 9.45. The van der Waals surface area contributed by atoms with Crippen LogP contribution in [0.2, 0.25) is 0 Å². The monoisotopic (exact) mass is 555 g/mol. The quantitative estimate of drug-likeness (QED) is 0.270. The third-order valence-corrected chi connectivity index (χ3v) is 5.25. The number of aliphatic hydroxyl groups excluding tert-OH is 1. The number of nitrogens with one attached hydrogen (secondary N) is 2. The van der Waals surface area contributed by atoms with Crippen molar-refractivity contribution >= 4 is 29.9 Å². The maximum absolute atomic E-state index is 10.8. The molecule has 8 heteroatoms. The highest BCUT2D eigenvalue weighted by Crippen LogP contribution is 2.39. The van der Waals surface area contributed by atoms with Crippen molar-refractivity contribution in [2.24, 2.45) is 4.99 Å². The molecule has 3 N–H and O–H groups in total. The standard InChI is InChI=1S/C24H33N3O4.HI/c1-6-25-23(26-15-20(28)18-13-16(29-4)11-12-21(18)30-5)27-19-14-24(2,3)31-22-10-8-7-9-17(19)22;/h7-13,19-20,28H,6,14-15H2,1-5H3,(H2,25,26,27);1H. The van der Waals surface area contributed by atoms with E-state index in [1.54, 1.807) is 32.4 Å². The summed E-state index contributed by atoms with van der Waals surface area (Å²) in [7, 11) is 3.17. The van der Waals surface area contributed by atoms with Gasteiger partial charge in [-0.05, 0) is 45.0 Å². The molecule has 1 aliphatic rings. The number of guanidine groups is 1. The maximum atomic E-state index is 10.8. The number of nitrogens with zero attached hydrogens (tertiary/aromatic N) is 1. The molecule has 2 atom stereocenters. The number of hydrogen-bond donors (Lipinski definition) is 3. The van der Waals surface area contributed by atoms with Gasteiger partial charge in [0.25, 0.3) is 0 Å². The van der Waals surface area contributed by atoms with E-state index in [-0.39, 0.29) is 42.2 Å². The Morgan fingerprint density at radius 3 is 2.66 bits per heavy atom. The van der Waals surface area contributed by atoms with Crippen LogP contribution in [-0.2, 0) is 0 Å². The van der Waals surface area contributed by atoms with Crippen molar-refractivity contribution in [3.63, 3.8) is 0 Å². The number of para-hydroxylation sites is 1. The predicted octanol–water partition coefficient (Wildman–Crippen LogP) is 4.21. The van der Waals surface area contributed by atoms with Crippen LogP contribution in [0.15, 0.2) is 47.5 Å². The number of methoxy groups -OCH3 is 2. The second-order valence-corrected chi connectivity index (χ2v) is 8.14. The summed E-state index contributed by atoms with van der Waals surface area (Å²) < 4.78 is 16.8. The zero-order valence-corrected chi connectivity index (χ0v) is 21.7. The molecule has 0 amide bonds. The Morgan fingerprint density at radius 1 is 1.22 bits per heavy atom. The van der Waals surface area contributed by atoms with E-state index in [1.807, 2.05) is 25.1 Å². The molecule has 7 nitrogen and oxygen atoms in total. The lowest BCUT2D eigenvalue weighted by molar-refractivity contribution is 0.0693. The number of rotatable bonds is 7. The van der Waals surface area contributed by atoms with Gasteiger partial charge < -0.3 is 30.0 Å². The fourth-order valence-electron chi connectivity index (χ4n) is 3.79. The molecular formula is C24H34IN3O4. The Morgan fingerprint density at radius 2 is 1.97 bits per heavy atom. The molecule has 0 radical (unpaired) electrons. The second kappa shape index (κ2) is 11.6. The molecule has 0 aliphatic carbocycles. The second-order valence-electron chi connectivity index (χ2n) is 8.14. The molecule has 3 rings (SSSR count). The first-order valence-electron chi connectivity index (χ1n) is 10.6. The van der Waals surface area contributed by atoms with Gasteiger partial charge in [0.2, 0.25) is 0 Å². The summed E-state index contributed by atoms with van der Waals surface area (Å²) in [6.07, 6.45) is -0.0420. The van der Waals surface area contributed by atoms with Crippen molar-refractivity contribution < 1.29 is 19.3 Å². The normalized spacial score (nSPS) is 17.8. The van der Waals surface area contributed by atoms with Crippen LogP contribution in [0, 0.1) is 0 Å². The minimum absolute atomic E-state index is 0. The Labute approximate surface area is 207 Å². The number of benzene rings is 2. The van der Waals surface area contributed by atoms with E-state index in [4.69, 9.17) is 14.2 Å². The van der Waals surface area contributed by atoms with E-state index in [2.05, 4.69) is 35.5 Å². The van der Waals surface area contributed by atoms with E-state index in [0.29, 0.717) is 29.6 Å². The van der Waals surface area contributed by atoms with Crippen molar-refractivity contribution in [2.45, 2.75) is 44.9 Å². The van der Waals surface area contributed by atoms with E-state index >= 15 is 0 Å². The SMILES string of the molecule is CCNC(=NCC(O)c1cc(OC)ccc1OC)NC1CC(C)(C)Oc2ccccc21.I. The van der Waals surface area contributed by atoms with Crippen LogP contribution >= 0.6 is 24.0 Å². The van der Waals surface area contributed by atoms with E-state index in [0.717, 1.165) is 17.7 Å². The van der Waals surface area contributed by atoms with Gasteiger partial charge in [-0.3, -0.25) is 4.99 Å². The number of halogens is 1. The molecule has 0 fully saturated rings. The molecule has 2 aromatic rings. The number of ether oxygens (including phenoxy) is 3. The largest absolute Gasteiger partial charge is 0.497 e. The topological polar surface area (TPSA) is 84.3 Å². The van der Waals surface area contributed by atoms with Gasteiger partial charge in [-0.15, -0.1) is 24.0 Å². The van der Waals surface area contributed by atoms with Gasteiger partial charge in [0.1, 0.15) is 29.0 Å². The highest BCUT2D eigenvalue weighted by Gasteiger charge is 2.34. The smallest absolute Gasteiger partial charge is 0.191 e. The van der Waals surface area contributed by atoms with Crippen LogP contribution in [0.5, 0.6) is 17.2 Å². The Hall–Kier alpha value is -2.20. The summed E-state index contributed by atoms with van der Waals surface area (Å²) in [5, 5.41) is 17.6. The van der Waals surface area contributed by atoms with E-state index < -0.39 is 6.10 Å². The summed E-state index contributed by atoms with van der Waals surface area (Å²) >= 11 is 0. The zero-order valence-electron chi connectivity index (χ0n) is 19.3. The zero-order chi connectivity index (χ0) is 22.4. The van der Waals surface area contributed by atoms with Crippen molar-refractivity contribution in [1.29, 1.82) is 0 Å². The van der Waals surface area contributed by atoms with Crippen LogP contribution in [0.25, 0.3) is 0 Å². The van der Waals surface area contributed by atoms with Crippen molar-refractivity contribution in [2.75, 3.05) is 27.3 Å². The lowest BCUT2D eigenvalue weighted by Crippen LogP contribution is -2.45. The maximum Gasteiger partial charge on any atom is 0.191 e. The molecule has 0 bridgehead atoms. The number of aliphatic imine (C=N–C) groups is 1. The first-order valence-corrected chi connectivity index (χ1v) is 10.6. The van der Waals surface area contributed by atoms with Gasteiger partial charge in [-0.1, -0.05) is 18.2 Å². The first-order chi connectivity index (χ1) is 14.9. The first kappa shape index (κ1) is 26.1. The summed E-state index contributed by atoms with van der Waals surface area (Å²) in [6, 6.07) is 13.5. The van der Waals surface area contributed by atoms with Gasteiger partial charge in [0.15, 0.2) is 5.96 Å². The number of aliphatic hydroxyl groups is 1. The minimum Gasteiger partial charge on any atom is -0.497 e. The van der Waals surface area contributed by atoms with Gasteiger partial charge in [0, 0.05) is 24.1 Å². The van der Waals surface area contributed by atoms with Crippen LogP contribution < -0.4 is 24.8 Å². The molecule has 0 saturated carbocycles. The predicted molar refractivity (Wildman–Crippen MR) is 138 cm³/mol. The van der Waals surface area contributed by atoms with Crippen LogP contribution in [0.1, 0.15) is 50.5 Å². The molecule has 2 unspecified atom stereocenters. The average molecular weight is 555 g/mol. The Bertz CT molecular complexity index is 920. The van der Waals surface area contributed by atoms with Crippen LogP contribution in [0.3, 0.4) is 0 Å². The lowest BCUT2D eigenvalue weighted by atomic mass is 9.90. The highest BCUT2D eigenvalue weighted by atomic mass is 127. The average Bonchev–Trinajstić information content (AvgIpc) is 2.76. The third-order valence-electron chi connectivity index (χ3n) is 5.25.